The summed E-state index contributed by atoms with van der Waals surface area (Å²) in [4.78, 5) is 0. The molecule has 0 saturated heterocycles. The first-order valence-electron chi connectivity index (χ1n) is 4.50. The van der Waals surface area contributed by atoms with Crippen molar-refractivity contribution in [1.29, 1.82) is 0 Å². The van der Waals surface area contributed by atoms with Crippen molar-refractivity contribution < 1.29 is 0 Å². The Balaban J connectivity index is 4.07. The first-order valence-corrected chi connectivity index (χ1v) is 4.50. The second kappa shape index (κ2) is 3.94. The van der Waals surface area contributed by atoms with Crippen molar-refractivity contribution >= 4 is 0 Å². The third kappa shape index (κ3) is 4.23. The quantitative estimate of drug-likeness (QED) is 0.541. The van der Waals surface area contributed by atoms with E-state index in [2.05, 4.69) is 47.3 Å². The monoisotopic (exact) mass is 154 g/mol. The van der Waals surface area contributed by atoms with E-state index in [1.54, 1.807) is 0 Å². The van der Waals surface area contributed by atoms with Gasteiger partial charge >= 0.3 is 0 Å². The van der Waals surface area contributed by atoms with Crippen LogP contribution in [0.4, 0.5) is 0 Å². The molecule has 0 heteroatoms. The van der Waals surface area contributed by atoms with Crippen LogP contribution in [-0.2, 0) is 0 Å². The summed E-state index contributed by atoms with van der Waals surface area (Å²) >= 11 is 0. The standard InChI is InChI=1S/C11H22/c1-7-10(8-9(2)3)11(4,5)6/h7,9-10H,1,8H2,2-6H3. The van der Waals surface area contributed by atoms with E-state index in [4.69, 9.17) is 0 Å². The Morgan fingerprint density at radius 1 is 1.27 bits per heavy atom. The van der Waals surface area contributed by atoms with E-state index in [-0.39, 0.29) is 0 Å². The summed E-state index contributed by atoms with van der Waals surface area (Å²) in [6, 6.07) is 0. The van der Waals surface area contributed by atoms with Gasteiger partial charge in [0.15, 0.2) is 0 Å². The minimum absolute atomic E-state index is 0.381. The van der Waals surface area contributed by atoms with Crippen LogP contribution in [0, 0.1) is 17.3 Å². The highest BCUT2D eigenvalue weighted by Crippen LogP contribution is 2.31. The Labute approximate surface area is 71.7 Å². The molecule has 0 aliphatic carbocycles. The summed E-state index contributed by atoms with van der Waals surface area (Å²) in [5.74, 6) is 1.43. The molecule has 0 aromatic rings. The van der Waals surface area contributed by atoms with Crippen LogP contribution in [0.5, 0.6) is 0 Å². The highest BCUT2D eigenvalue weighted by molar-refractivity contribution is 4.88. The first kappa shape index (κ1) is 10.7. The first-order chi connectivity index (χ1) is 4.88. The Morgan fingerprint density at radius 2 is 1.73 bits per heavy atom. The molecule has 0 aromatic heterocycles. The number of rotatable bonds is 3. The average molecular weight is 154 g/mol. The predicted octanol–water partition coefficient (Wildman–Crippen LogP) is 3.88. The maximum atomic E-state index is 3.88. The minimum Gasteiger partial charge on any atom is -0.103 e. The van der Waals surface area contributed by atoms with E-state index in [1.807, 2.05) is 0 Å². The van der Waals surface area contributed by atoms with Gasteiger partial charge in [-0.25, -0.2) is 0 Å². The molecule has 0 rings (SSSR count). The van der Waals surface area contributed by atoms with Gasteiger partial charge in [-0.1, -0.05) is 40.7 Å². The summed E-state index contributed by atoms with van der Waals surface area (Å²) in [6.07, 6.45) is 3.35. The van der Waals surface area contributed by atoms with Gasteiger partial charge < -0.3 is 0 Å². The average Bonchev–Trinajstić information content (AvgIpc) is 1.79. The Kier molecular flexibility index (Phi) is 3.85. The molecular formula is C11H22. The van der Waals surface area contributed by atoms with Gasteiger partial charge in [0.25, 0.3) is 0 Å². The molecule has 0 heterocycles. The van der Waals surface area contributed by atoms with Crippen molar-refractivity contribution in [1.82, 2.24) is 0 Å². The third-order valence-corrected chi connectivity index (χ3v) is 2.12. The SMILES string of the molecule is C=CC(CC(C)C)C(C)(C)C. The van der Waals surface area contributed by atoms with Gasteiger partial charge in [-0.2, -0.15) is 0 Å². The maximum absolute atomic E-state index is 3.88. The lowest BCUT2D eigenvalue weighted by atomic mass is 9.76. The Morgan fingerprint density at radius 3 is 1.82 bits per heavy atom. The largest absolute Gasteiger partial charge is 0.103 e. The summed E-state index contributed by atoms with van der Waals surface area (Å²) in [7, 11) is 0. The van der Waals surface area contributed by atoms with Gasteiger partial charge in [0.05, 0.1) is 0 Å². The van der Waals surface area contributed by atoms with E-state index in [9.17, 15) is 0 Å². The fourth-order valence-electron chi connectivity index (χ4n) is 1.31. The minimum atomic E-state index is 0.381. The summed E-state index contributed by atoms with van der Waals surface area (Å²) in [5, 5.41) is 0. The van der Waals surface area contributed by atoms with Crippen LogP contribution in [0.2, 0.25) is 0 Å². The lowest BCUT2D eigenvalue weighted by Gasteiger charge is -2.29. The summed E-state index contributed by atoms with van der Waals surface area (Å²) in [5.41, 5.74) is 0.381. The van der Waals surface area contributed by atoms with Crippen LogP contribution in [0.15, 0.2) is 12.7 Å². The third-order valence-electron chi connectivity index (χ3n) is 2.12. The fourth-order valence-corrected chi connectivity index (χ4v) is 1.31. The molecule has 0 aliphatic rings. The molecule has 0 saturated carbocycles. The topological polar surface area (TPSA) is 0 Å². The predicted molar refractivity (Wildman–Crippen MR) is 52.6 cm³/mol. The smallest absolute Gasteiger partial charge is 0.0185 e. The van der Waals surface area contributed by atoms with Gasteiger partial charge in [0, 0.05) is 0 Å². The van der Waals surface area contributed by atoms with Crippen LogP contribution >= 0.6 is 0 Å². The van der Waals surface area contributed by atoms with Crippen LogP contribution < -0.4 is 0 Å². The van der Waals surface area contributed by atoms with Gasteiger partial charge in [-0.05, 0) is 23.7 Å². The van der Waals surface area contributed by atoms with Gasteiger partial charge in [-0.15, -0.1) is 6.58 Å². The zero-order valence-corrected chi connectivity index (χ0v) is 8.65. The van der Waals surface area contributed by atoms with Crippen molar-refractivity contribution in [2.45, 2.75) is 41.0 Å². The van der Waals surface area contributed by atoms with Gasteiger partial charge in [0.2, 0.25) is 0 Å². The molecule has 0 nitrogen and oxygen atoms in total. The molecule has 0 fully saturated rings. The maximum Gasteiger partial charge on any atom is -0.0185 e. The second-order valence-corrected chi connectivity index (χ2v) is 4.84. The molecule has 0 radical (unpaired) electrons. The lowest BCUT2D eigenvalue weighted by molar-refractivity contribution is 0.254. The van der Waals surface area contributed by atoms with E-state index in [0.29, 0.717) is 11.3 Å². The van der Waals surface area contributed by atoms with Crippen molar-refractivity contribution in [2.75, 3.05) is 0 Å². The van der Waals surface area contributed by atoms with Gasteiger partial charge in [-0.3, -0.25) is 0 Å². The molecule has 0 N–H and O–H groups in total. The molecule has 11 heavy (non-hydrogen) atoms. The molecule has 0 aliphatic heterocycles. The zero-order chi connectivity index (χ0) is 9.07. The highest BCUT2D eigenvalue weighted by atomic mass is 14.3. The molecule has 0 aromatic carbocycles. The molecule has 66 valence electrons. The lowest BCUT2D eigenvalue weighted by Crippen LogP contribution is -2.19. The van der Waals surface area contributed by atoms with Crippen molar-refractivity contribution in [3.05, 3.63) is 12.7 Å². The molecule has 1 unspecified atom stereocenters. The van der Waals surface area contributed by atoms with E-state index >= 15 is 0 Å². The Hall–Kier alpha value is -0.260. The number of allylic oxidation sites excluding steroid dienone is 1. The van der Waals surface area contributed by atoms with E-state index in [0.717, 1.165) is 5.92 Å². The molecule has 0 bridgehead atoms. The van der Waals surface area contributed by atoms with Crippen LogP contribution in [0.25, 0.3) is 0 Å². The Bertz CT molecular complexity index is 114. The van der Waals surface area contributed by atoms with Crippen LogP contribution in [0.3, 0.4) is 0 Å². The highest BCUT2D eigenvalue weighted by Gasteiger charge is 2.21. The van der Waals surface area contributed by atoms with Crippen LogP contribution in [-0.4, -0.2) is 0 Å². The van der Waals surface area contributed by atoms with Gasteiger partial charge in [0.1, 0.15) is 0 Å². The molecular weight excluding hydrogens is 132 g/mol. The summed E-state index contributed by atoms with van der Waals surface area (Å²) < 4.78 is 0. The number of hydrogen-bond acceptors (Lipinski definition) is 0. The van der Waals surface area contributed by atoms with Crippen molar-refractivity contribution in [2.24, 2.45) is 17.3 Å². The second-order valence-electron chi connectivity index (χ2n) is 4.84. The molecule has 0 spiro atoms. The summed E-state index contributed by atoms with van der Waals surface area (Å²) in [6.45, 7) is 15.3. The van der Waals surface area contributed by atoms with Crippen LogP contribution in [0.1, 0.15) is 41.0 Å². The van der Waals surface area contributed by atoms with Crippen molar-refractivity contribution in [3.63, 3.8) is 0 Å². The molecule has 1 atom stereocenters. The molecule has 0 amide bonds. The van der Waals surface area contributed by atoms with Crippen molar-refractivity contribution in [3.8, 4) is 0 Å². The normalized spacial score (nSPS) is 15.1. The van der Waals surface area contributed by atoms with E-state index < -0.39 is 0 Å². The zero-order valence-electron chi connectivity index (χ0n) is 8.65. The van der Waals surface area contributed by atoms with E-state index in [1.165, 1.54) is 6.42 Å². The number of hydrogen-bond donors (Lipinski definition) is 0. The fraction of sp³-hybridized carbons (Fsp3) is 0.818.